The summed E-state index contributed by atoms with van der Waals surface area (Å²) in [6.07, 6.45) is 2.69. The summed E-state index contributed by atoms with van der Waals surface area (Å²) in [5.74, 6) is 0.106. The van der Waals surface area contributed by atoms with Gasteiger partial charge in [-0.3, -0.25) is 4.21 Å². The van der Waals surface area contributed by atoms with Crippen molar-refractivity contribution in [3.63, 3.8) is 0 Å². The van der Waals surface area contributed by atoms with Gasteiger partial charge in [0.25, 0.3) is 0 Å². The Kier molecular flexibility index (Phi) is 8.07. The molecule has 4 nitrogen and oxygen atoms in total. The van der Waals surface area contributed by atoms with Crippen LogP contribution < -0.4 is 0 Å². The lowest BCUT2D eigenvalue weighted by atomic mass is 9.92. The lowest BCUT2D eigenvalue weighted by Crippen LogP contribution is -2.50. The molecule has 1 atom stereocenters. The number of nitrogens with zero attached hydrogens (tertiary/aromatic N) is 1. The molecule has 4 rings (SSSR count). The Balaban J connectivity index is 1.36. The Morgan fingerprint density at radius 2 is 1.84 bits per heavy atom. The monoisotopic (exact) mass is 475 g/mol. The molecule has 0 saturated carbocycles. The number of piperidine rings is 1. The minimum atomic E-state index is -1.24. The molecule has 1 aliphatic heterocycles. The Labute approximate surface area is 195 Å². The van der Waals surface area contributed by atoms with E-state index in [9.17, 15) is 8.60 Å². The molecule has 0 N–H and O–H groups in total. The predicted molar refractivity (Wildman–Crippen MR) is 129 cm³/mol. The maximum absolute atomic E-state index is 13.3. The van der Waals surface area contributed by atoms with Crippen molar-refractivity contribution in [2.75, 3.05) is 45.7 Å². The van der Waals surface area contributed by atoms with Gasteiger partial charge in [0.15, 0.2) is 0 Å². The van der Waals surface area contributed by atoms with Crippen LogP contribution in [-0.2, 0) is 26.7 Å². The quantitative estimate of drug-likeness (QED) is 0.392. The van der Waals surface area contributed by atoms with E-state index >= 15 is 0 Å². The molecule has 2 heterocycles. The first kappa shape index (κ1) is 23.5. The normalized spacial score (nSPS) is 17.6. The Morgan fingerprint density at radius 1 is 1.09 bits per heavy atom. The molecule has 1 aromatic heterocycles. The summed E-state index contributed by atoms with van der Waals surface area (Å²) in [6, 6.07) is 14.5. The van der Waals surface area contributed by atoms with Crippen molar-refractivity contribution < 1.29 is 18.1 Å². The Bertz CT molecular complexity index is 1030. The molecule has 3 aromatic rings. The summed E-state index contributed by atoms with van der Waals surface area (Å²) in [5.41, 5.74) is 0.972. The summed E-state index contributed by atoms with van der Waals surface area (Å²) in [5, 5.41) is 3.64. The van der Waals surface area contributed by atoms with E-state index in [1.54, 1.807) is 19.2 Å². The number of benzene rings is 2. The van der Waals surface area contributed by atoms with E-state index in [1.807, 2.05) is 11.3 Å². The molecule has 2 aromatic carbocycles. The number of ether oxygens (including phenoxy) is 2. The molecule has 7 heteroatoms. The van der Waals surface area contributed by atoms with Crippen molar-refractivity contribution in [2.45, 2.75) is 29.8 Å². The van der Waals surface area contributed by atoms with Gasteiger partial charge < -0.3 is 14.4 Å². The molecule has 172 valence electrons. The Hall–Kier alpha value is -1.64. The smallest absolute Gasteiger partial charge is 0.123 e. The van der Waals surface area contributed by atoms with E-state index in [-0.39, 0.29) is 5.82 Å². The third kappa shape index (κ3) is 5.83. The maximum Gasteiger partial charge on any atom is 0.123 e. The number of halogens is 1. The van der Waals surface area contributed by atoms with Gasteiger partial charge in [0.05, 0.1) is 35.4 Å². The third-order valence-corrected chi connectivity index (χ3v) is 8.79. The summed E-state index contributed by atoms with van der Waals surface area (Å²) < 4.78 is 39.0. The standard InChI is InChI=1S/C25H30FNO3S2/c1-29-16-17-30-25(19-32(28)22-8-6-21(26)7-9-22)11-14-27(15-12-25)13-10-20-18-31-24-5-3-2-4-23(20)24/h2-9,18H,10-17,19H2,1H3. The van der Waals surface area contributed by atoms with Crippen LogP contribution >= 0.6 is 11.3 Å². The minimum absolute atomic E-state index is 0.316. The van der Waals surface area contributed by atoms with E-state index in [4.69, 9.17) is 9.47 Å². The number of rotatable bonds is 10. The summed E-state index contributed by atoms with van der Waals surface area (Å²) >= 11 is 1.81. The van der Waals surface area contributed by atoms with Crippen molar-refractivity contribution in [1.82, 2.24) is 4.90 Å². The topological polar surface area (TPSA) is 38.8 Å². The molecule has 32 heavy (non-hydrogen) atoms. The highest BCUT2D eigenvalue weighted by Crippen LogP contribution is 2.30. The molecule has 1 fully saturated rings. The zero-order valence-corrected chi connectivity index (χ0v) is 20.1. The fourth-order valence-corrected chi connectivity index (χ4v) is 6.72. The average Bonchev–Trinajstić information content (AvgIpc) is 3.22. The van der Waals surface area contributed by atoms with Gasteiger partial charge in [-0.25, -0.2) is 4.39 Å². The second-order valence-electron chi connectivity index (χ2n) is 8.32. The highest BCUT2D eigenvalue weighted by Gasteiger charge is 2.37. The molecule has 0 radical (unpaired) electrons. The van der Waals surface area contributed by atoms with Gasteiger partial charge in [0.2, 0.25) is 0 Å². The van der Waals surface area contributed by atoms with Crippen molar-refractivity contribution in [1.29, 1.82) is 0 Å². The molecular formula is C25H30FNO3S2. The molecular weight excluding hydrogens is 445 g/mol. The number of thiophene rings is 1. The van der Waals surface area contributed by atoms with Gasteiger partial charge in [-0.15, -0.1) is 11.3 Å². The van der Waals surface area contributed by atoms with E-state index in [0.29, 0.717) is 23.9 Å². The molecule has 0 aliphatic carbocycles. The van der Waals surface area contributed by atoms with Gasteiger partial charge in [-0.1, -0.05) is 18.2 Å². The molecule has 1 saturated heterocycles. The zero-order chi connectivity index (χ0) is 22.4. The fraction of sp³-hybridized carbons (Fsp3) is 0.440. The van der Waals surface area contributed by atoms with Crippen molar-refractivity contribution in [2.24, 2.45) is 0 Å². The van der Waals surface area contributed by atoms with Crippen LogP contribution in [0, 0.1) is 5.82 Å². The zero-order valence-electron chi connectivity index (χ0n) is 18.4. The molecule has 0 spiro atoms. The molecule has 0 amide bonds. The van der Waals surface area contributed by atoms with Crippen LogP contribution in [0.25, 0.3) is 10.1 Å². The van der Waals surface area contributed by atoms with Crippen molar-refractivity contribution in [3.8, 4) is 0 Å². The SMILES string of the molecule is COCCOC1(CS(=O)c2ccc(F)cc2)CCN(CCc2csc3ccccc23)CC1. The van der Waals surface area contributed by atoms with Crippen LogP contribution in [0.15, 0.2) is 58.8 Å². The first-order chi connectivity index (χ1) is 15.6. The fourth-order valence-electron chi connectivity index (χ4n) is 4.27. The predicted octanol–water partition coefficient (Wildman–Crippen LogP) is 4.89. The number of methoxy groups -OCH3 is 1. The number of hydrogen-bond donors (Lipinski definition) is 0. The Morgan fingerprint density at radius 3 is 2.59 bits per heavy atom. The van der Waals surface area contributed by atoms with Gasteiger partial charge >= 0.3 is 0 Å². The van der Waals surface area contributed by atoms with Crippen molar-refractivity contribution >= 4 is 32.2 Å². The molecule has 1 aliphatic rings. The number of likely N-dealkylation sites (tertiary alicyclic amines) is 1. The lowest BCUT2D eigenvalue weighted by molar-refractivity contribution is -0.0808. The largest absolute Gasteiger partial charge is 0.382 e. The van der Waals surface area contributed by atoms with Crippen LogP contribution in [0.2, 0.25) is 0 Å². The van der Waals surface area contributed by atoms with E-state index in [0.717, 1.165) is 38.9 Å². The molecule has 0 bridgehead atoms. The number of hydrogen-bond acceptors (Lipinski definition) is 5. The van der Waals surface area contributed by atoms with Gasteiger partial charge in [-0.2, -0.15) is 0 Å². The second-order valence-corrected chi connectivity index (χ2v) is 10.7. The van der Waals surface area contributed by atoms with E-state index in [2.05, 4.69) is 34.5 Å². The van der Waals surface area contributed by atoms with E-state index in [1.165, 1.54) is 27.8 Å². The van der Waals surface area contributed by atoms with Crippen LogP contribution in [0.4, 0.5) is 4.39 Å². The first-order valence-corrected chi connectivity index (χ1v) is 13.2. The summed E-state index contributed by atoms with van der Waals surface area (Å²) in [4.78, 5) is 3.12. The van der Waals surface area contributed by atoms with Crippen LogP contribution in [0.3, 0.4) is 0 Å². The highest BCUT2D eigenvalue weighted by molar-refractivity contribution is 7.85. The maximum atomic E-state index is 13.3. The van der Waals surface area contributed by atoms with Gasteiger partial charge in [-0.05, 0) is 65.9 Å². The van der Waals surface area contributed by atoms with Gasteiger partial charge in [0.1, 0.15) is 5.82 Å². The third-order valence-electron chi connectivity index (χ3n) is 6.19. The minimum Gasteiger partial charge on any atom is -0.382 e. The second kappa shape index (κ2) is 11.0. The van der Waals surface area contributed by atoms with Crippen LogP contribution in [0.1, 0.15) is 18.4 Å². The highest BCUT2D eigenvalue weighted by atomic mass is 32.2. The summed E-state index contributed by atoms with van der Waals surface area (Å²) in [6.45, 7) is 3.83. The van der Waals surface area contributed by atoms with Crippen LogP contribution in [0.5, 0.6) is 0 Å². The van der Waals surface area contributed by atoms with Crippen molar-refractivity contribution in [3.05, 3.63) is 65.3 Å². The first-order valence-electron chi connectivity index (χ1n) is 11.0. The average molecular weight is 476 g/mol. The van der Waals surface area contributed by atoms with E-state index < -0.39 is 16.4 Å². The lowest BCUT2D eigenvalue weighted by Gasteiger charge is -2.41. The number of fused-ring (bicyclic) bond motifs is 1. The van der Waals surface area contributed by atoms with Crippen LogP contribution in [-0.4, -0.2) is 60.4 Å². The summed E-state index contributed by atoms with van der Waals surface area (Å²) in [7, 11) is 0.418. The molecule has 1 unspecified atom stereocenters. The van der Waals surface area contributed by atoms with Gasteiger partial charge in [0, 0.05) is 36.3 Å².